The summed E-state index contributed by atoms with van der Waals surface area (Å²) in [5, 5.41) is 16.6. The van der Waals surface area contributed by atoms with Gasteiger partial charge in [0.05, 0.1) is 23.2 Å². The van der Waals surface area contributed by atoms with Gasteiger partial charge in [-0.3, -0.25) is 4.79 Å². The highest BCUT2D eigenvalue weighted by Crippen LogP contribution is 2.31. The van der Waals surface area contributed by atoms with E-state index in [0.717, 1.165) is 16.8 Å². The molecule has 0 saturated carbocycles. The summed E-state index contributed by atoms with van der Waals surface area (Å²) in [6.45, 7) is 17.8. The monoisotopic (exact) mass is 529 g/mol. The molecule has 10 nitrogen and oxygen atoms in total. The molecular weight excluding hydrogens is 486 g/mol. The molecular formula is C28H43N5O5. The number of carbonyl (C=O) groups is 2. The van der Waals surface area contributed by atoms with Crippen molar-refractivity contribution in [2.24, 2.45) is 5.92 Å². The Labute approximate surface area is 225 Å². The van der Waals surface area contributed by atoms with Gasteiger partial charge in [-0.2, -0.15) is 0 Å². The lowest BCUT2D eigenvalue weighted by atomic mass is 10.1. The molecule has 210 valence electrons. The molecule has 0 aliphatic carbocycles. The number of pyridine rings is 1. The van der Waals surface area contributed by atoms with Gasteiger partial charge in [0, 0.05) is 12.0 Å². The number of nitrogens with zero attached hydrogens (tertiary/aromatic N) is 3. The van der Waals surface area contributed by atoms with Gasteiger partial charge >= 0.3 is 6.09 Å². The molecule has 0 saturated heterocycles. The zero-order chi connectivity index (χ0) is 28.7. The molecule has 0 radical (unpaired) electrons. The van der Waals surface area contributed by atoms with E-state index in [9.17, 15) is 14.7 Å². The second kappa shape index (κ2) is 13.0. The van der Waals surface area contributed by atoms with Gasteiger partial charge in [-0.05, 0) is 53.5 Å². The van der Waals surface area contributed by atoms with Crippen molar-refractivity contribution in [1.29, 1.82) is 0 Å². The minimum absolute atomic E-state index is 0.239. The van der Waals surface area contributed by atoms with Crippen LogP contribution in [0.2, 0.25) is 0 Å². The van der Waals surface area contributed by atoms with Crippen molar-refractivity contribution in [3.05, 3.63) is 30.1 Å². The molecule has 10 heteroatoms. The Hall–Kier alpha value is -3.24. The van der Waals surface area contributed by atoms with E-state index in [-0.39, 0.29) is 25.5 Å². The van der Waals surface area contributed by atoms with Crippen LogP contribution in [0, 0.1) is 5.92 Å². The fourth-order valence-corrected chi connectivity index (χ4v) is 3.47. The van der Waals surface area contributed by atoms with Crippen molar-refractivity contribution in [3.63, 3.8) is 0 Å². The first-order valence-electron chi connectivity index (χ1n) is 13.0. The fourth-order valence-electron chi connectivity index (χ4n) is 3.47. The van der Waals surface area contributed by atoms with Crippen LogP contribution in [-0.4, -0.2) is 56.0 Å². The average Bonchev–Trinajstić information content (AvgIpc) is 3.12. The molecule has 3 rings (SSSR count). The van der Waals surface area contributed by atoms with E-state index in [4.69, 9.17) is 14.5 Å². The van der Waals surface area contributed by atoms with Crippen LogP contribution in [-0.2, 0) is 27.4 Å². The maximum atomic E-state index is 12.6. The summed E-state index contributed by atoms with van der Waals surface area (Å²) < 4.78 is 12.7. The van der Waals surface area contributed by atoms with E-state index in [1.807, 2.05) is 35.8 Å². The summed E-state index contributed by atoms with van der Waals surface area (Å²) in [6, 6.07) is 7.52. The number of nitrogens with one attached hydrogen (secondary N) is 2. The van der Waals surface area contributed by atoms with Gasteiger partial charge in [-0.25, -0.2) is 14.8 Å². The molecule has 0 unspecified atom stereocenters. The maximum Gasteiger partial charge on any atom is 0.408 e. The average molecular weight is 530 g/mol. The molecule has 2 heterocycles. The number of carbonyl (C=O) groups excluding carboxylic acids is 2. The molecule has 2 amide bonds. The quantitative estimate of drug-likeness (QED) is 0.374. The Morgan fingerprint density at radius 1 is 1.08 bits per heavy atom. The highest BCUT2D eigenvalue weighted by atomic mass is 16.6. The Morgan fingerprint density at radius 2 is 1.71 bits per heavy atom. The summed E-state index contributed by atoms with van der Waals surface area (Å²) in [4.78, 5) is 33.9. The zero-order valence-corrected chi connectivity index (χ0v) is 24.1. The van der Waals surface area contributed by atoms with Crippen LogP contribution in [0.1, 0.15) is 68.1 Å². The molecule has 0 fully saturated rings. The zero-order valence-electron chi connectivity index (χ0n) is 24.1. The summed E-state index contributed by atoms with van der Waals surface area (Å²) in [7, 11) is 0. The number of hydrogen-bond acceptors (Lipinski definition) is 7. The number of anilines is 1. The van der Waals surface area contributed by atoms with E-state index in [2.05, 4.69) is 36.4 Å². The topological polar surface area (TPSA) is 128 Å². The van der Waals surface area contributed by atoms with Crippen molar-refractivity contribution < 1.29 is 24.2 Å². The predicted molar refractivity (Wildman–Crippen MR) is 150 cm³/mol. The third-order valence-corrected chi connectivity index (χ3v) is 4.69. The molecule has 0 atom stereocenters. The van der Waals surface area contributed by atoms with Crippen LogP contribution in [0.25, 0.3) is 21.9 Å². The van der Waals surface area contributed by atoms with Crippen LogP contribution in [0.5, 0.6) is 0 Å². The van der Waals surface area contributed by atoms with Crippen molar-refractivity contribution in [3.8, 4) is 0 Å². The van der Waals surface area contributed by atoms with Crippen molar-refractivity contribution in [2.45, 2.75) is 86.7 Å². The number of fused-ring (bicyclic) bond motifs is 3. The lowest BCUT2D eigenvalue weighted by Crippen LogP contribution is -2.37. The van der Waals surface area contributed by atoms with Crippen molar-refractivity contribution in [2.75, 3.05) is 18.5 Å². The number of amides is 2. The van der Waals surface area contributed by atoms with Gasteiger partial charge in [0.1, 0.15) is 30.1 Å². The number of rotatable bonds is 8. The van der Waals surface area contributed by atoms with Crippen LogP contribution in [0.3, 0.4) is 0 Å². The molecule has 0 aliphatic rings. The number of imidazole rings is 1. The first-order chi connectivity index (χ1) is 17.6. The lowest BCUT2D eigenvalue weighted by Gasteiger charge is -2.21. The third kappa shape index (κ3) is 9.57. The van der Waals surface area contributed by atoms with Gasteiger partial charge in [-0.15, -0.1) is 0 Å². The second-order valence-corrected chi connectivity index (χ2v) is 11.4. The molecule has 0 bridgehead atoms. The van der Waals surface area contributed by atoms with E-state index in [0.29, 0.717) is 23.5 Å². The van der Waals surface area contributed by atoms with Gasteiger partial charge in [-0.1, -0.05) is 39.0 Å². The Kier molecular flexibility index (Phi) is 10.6. The highest BCUT2D eigenvalue weighted by Gasteiger charge is 2.24. The van der Waals surface area contributed by atoms with Crippen LogP contribution < -0.4 is 10.6 Å². The van der Waals surface area contributed by atoms with E-state index < -0.39 is 23.2 Å². The Balaban J connectivity index is 0.00000118. The SMILES string of the molecule is CC(C)C.CCOCc1nc2c(NC(=O)CNC(=O)OC(C)(C)C)nc3ccccc3c2n1CC(C)(C)O. The van der Waals surface area contributed by atoms with Crippen LogP contribution >= 0.6 is 0 Å². The number of aromatic nitrogens is 3. The van der Waals surface area contributed by atoms with E-state index in [1.165, 1.54) is 0 Å². The minimum atomic E-state index is -1.01. The number of aliphatic hydroxyl groups is 1. The number of benzene rings is 1. The molecule has 38 heavy (non-hydrogen) atoms. The second-order valence-electron chi connectivity index (χ2n) is 11.4. The highest BCUT2D eigenvalue weighted by molar-refractivity contribution is 6.10. The molecule has 1 aromatic carbocycles. The normalized spacial score (nSPS) is 11.9. The fraction of sp³-hybridized carbons (Fsp3) is 0.571. The number of para-hydroxylation sites is 1. The molecule has 3 aromatic rings. The molecule has 2 aromatic heterocycles. The minimum Gasteiger partial charge on any atom is -0.444 e. The molecule has 3 N–H and O–H groups in total. The summed E-state index contributed by atoms with van der Waals surface area (Å²) in [6.07, 6.45) is -0.687. The standard InChI is InChI=1S/C24H33N5O5.C4H10/c1-7-33-13-17-27-19-20(29(17)14-24(5,6)32)15-10-8-9-11-16(15)26-21(19)28-18(30)12-25-22(31)34-23(2,3)4;1-4(2)3/h8-11,32H,7,12-14H2,1-6H3,(H,25,31)(H,26,28,30);4H,1-3H3. The Bertz CT molecular complexity index is 1240. The van der Waals surface area contributed by atoms with E-state index in [1.54, 1.807) is 34.6 Å². The van der Waals surface area contributed by atoms with Gasteiger partial charge in [0.15, 0.2) is 5.82 Å². The number of hydrogen-bond donors (Lipinski definition) is 3. The van der Waals surface area contributed by atoms with E-state index >= 15 is 0 Å². The molecule has 0 spiro atoms. The predicted octanol–water partition coefficient (Wildman–Crippen LogP) is 5.02. The van der Waals surface area contributed by atoms with Gasteiger partial charge in [0.25, 0.3) is 0 Å². The van der Waals surface area contributed by atoms with Crippen molar-refractivity contribution in [1.82, 2.24) is 19.9 Å². The first kappa shape index (κ1) is 31.0. The maximum absolute atomic E-state index is 12.6. The van der Waals surface area contributed by atoms with Gasteiger partial charge in [0.2, 0.25) is 5.91 Å². The van der Waals surface area contributed by atoms with Crippen LogP contribution in [0.15, 0.2) is 24.3 Å². The lowest BCUT2D eigenvalue weighted by molar-refractivity contribution is -0.115. The third-order valence-electron chi connectivity index (χ3n) is 4.69. The van der Waals surface area contributed by atoms with Crippen molar-refractivity contribution >= 4 is 39.8 Å². The van der Waals surface area contributed by atoms with Crippen LogP contribution in [0.4, 0.5) is 10.6 Å². The largest absolute Gasteiger partial charge is 0.444 e. The number of ether oxygens (including phenoxy) is 2. The number of alkyl carbamates (subject to hydrolysis) is 1. The molecule has 0 aliphatic heterocycles. The summed E-state index contributed by atoms with van der Waals surface area (Å²) in [5.74, 6) is 1.23. The summed E-state index contributed by atoms with van der Waals surface area (Å²) >= 11 is 0. The Morgan fingerprint density at radius 3 is 2.29 bits per heavy atom. The van der Waals surface area contributed by atoms with Gasteiger partial charge < -0.3 is 29.8 Å². The smallest absolute Gasteiger partial charge is 0.408 e. The first-order valence-corrected chi connectivity index (χ1v) is 13.0. The summed E-state index contributed by atoms with van der Waals surface area (Å²) in [5.41, 5.74) is 0.183.